The average molecular weight is 259 g/mol. The van der Waals surface area contributed by atoms with Gasteiger partial charge in [0.25, 0.3) is 0 Å². The number of nitro groups is 1. The number of carboxylic acids is 1. The van der Waals surface area contributed by atoms with Gasteiger partial charge in [0.15, 0.2) is 0 Å². The zero-order chi connectivity index (χ0) is 13.7. The highest BCUT2D eigenvalue weighted by atomic mass is 16.6. The van der Waals surface area contributed by atoms with E-state index in [1.807, 2.05) is 0 Å². The van der Waals surface area contributed by atoms with Crippen molar-refractivity contribution in [1.82, 2.24) is 20.1 Å². The summed E-state index contributed by atoms with van der Waals surface area (Å²) in [5.41, 5.74) is 0. The Balaban J connectivity index is 2.89. The van der Waals surface area contributed by atoms with Crippen molar-refractivity contribution >= 4 is 17.8 Å². The van der Waals surface area contributed by atoms with E-state index in [9.17, 15) is 19.7 Å². The van der Waals surface area contributed by atoms with Crippen LogP contribution in [0.3, 0.4) is 0 Å². The molecule has 0 bridgehead atoms. The van der Waals surface area contributed by atoms with Crippen molar-refractivity contribution in [2.75, 3.05) is 13.2 Å². The van der Waals surface area contributed by atoms with Crippen LogP contribution in [0.1, 0.15) is 10.6 Å². The number of aromatic nitrogens is 3. The van der Waals surface area contributed by atoms with E-state index in [2.05, 4.69) is 15.4 Å². The number of hydrogen-bond donors (Lipinski definition) is 3. The van der Waals surface area contributed by atoms with E-state index in [0.29, 0.717) is 4.68 Å². The Kier molecular flexibility index (Phi) is 4.26. The minimum absolute atomic E-state index is 0.0158. The Hall–Kier alpha value is -2.56. The lowest BCUT2D eigenvalue weighted by Crippen LogP contribution is -2.31. The minimum Gasteiger partial charge on any atom is -0.474 e. The SMILES string of the molecule is O=C(Cn1nc([N+](=O)[O-])nc1C(=O)O)NCCO. The van der Waals surface area contributed by atoms with Gasteiger partial charge in [0.05, 0.1) is 6.61 Å². The predicted molar refractivity (Wildman–Crippen MR) is 53.7 cm³/mol. The monoisotopic (exact) mass is 259 g/mol. The first-order valence-corrected chi connectivity index (χ1v) is 4.65. The molecule has 0 unspecified atom stereocenters. The molecule has 11 heteroatoms. The van der Waals surface area contributed by atoms with Crippen molar-refractivity contribution < 1.29 is 24.7 Å². The molecule has 0 fully saturated rings. The van der Waals surface area contributed by atoms with Crippen LogP contribution < -0.4 is 5.32 Å². The van der Waals surface area contributed by atoms with E-state index in [-0.39, 0.29) is 13.2 Å². The third-order valence-corrected chi connectivity index (χ3v) is 1.74. The number of carboxylic acid groups (broad SMARTS) is 1. The molecule has 0 aromatic carbocycles. The molecule has 0 radical (unpaired) electrons. The molecule has 1 rings (SSSR count). The number of carbonyl (C=O) groups is 2. The highest BCUT2D eigenvalue weighted by Gasteiger charge is 2.27. The summed E-state index contributed by atoms with van der Waals surface area (Å²) in [6.07, 6.45) is 0. The first kappa shape index (κ1) is 13.5. The summed E-state index contributed by atoms with van der Waals surface area (Å²) in [7, 11) is 0. The number of hydrogen-bond acceptors (Lipinski definition) is 7. The second-order valence-corrected chi connectivity index (χ2v) is 3.03. The third kappa shape index (κ3) is 3.21. The van der Waals surface area contributed by atoms with Crippen LogP contribution in [-0.4, -0.2) is 54.9 Å². The molecule has 3 N–H and O–H groups in total. The summed E-state index contributed by atoms with van der Waals surface area (Å²) in [6.45, 7) is -0.838. The number of aliphatic hydroxyl groups is 1. The van der Waals surface area contributed by atoms with Crippen molar-refractivity contribution in [3.63, 3.8) is 0 Å². The van der Waals surface area contributed by atoms with Gasteiger partial charge in [0.2, 0.25) is 5.91 Å². The van der Waals surface area contributed by atoms with Gasteiger partial charge in [-0.2, -0.15) is 4.68 Å². The smallest absolute Gasteiger partial charge is 0.474 e. The maximum Gasteiger partial charge on any atom is 0.491 e. The van der Waals surface area contributed by atoms with Crippen LogP contribution in [0.2, 0.25) is 0 Å². The highest BCUT2D eigenvalue weighted by Crippen LogP contribution is 2.06. The molecule has 1 amide bonds. The molecular weight excluding hydrogens is 250 g/mol. The number of aliphatic hydroxyl groups excluding tert-OH is 1. The second-order valence-electron chi connectivity index (χ2n) is 3.03. The van der Waals surface area contributed by atoms with Crippen LogP contribution in [0.4, 0.5) is 5.95 Å². The van der Waals surface area contributed by atoms with Gasteiger partial charge in [0.1, 0.15) is 6.54 Å². The van der Waals surface area contributed by atoms with Gasteiger partial charge in [-0.1, -0.05) is 0 Å². The van der Waals surface area contributed by atoms with Gasteiger partial charge >= 0.3 is 17.7 Å². The summed E-state index contributed by atoms with van der Waals surface area (Å²) < 4.78 is 0.604. The van der Waals surface area contributed by atoms with E-state index in [1.54, 1.807) is 0 Å². The zero-order valence-electron chi connectivity index (χ0n) is 8.94. The Bertz CT molecular complexity index is 483. The molecule has 11 nitrogen and oxygen atoms in total. The fourth-order valence-electron chi connectivity index (χ4n) is 1.06. The lowest BCUT2D eigenvalue weighted by Gasteiger charge is -2.01. The standard InChI is InChI=1S/C7H9N5O6/c13-2-1-8-4(14)3-11-5(6(15)16)9-7(10-11)12(17)18/h13H,1-3H2,(H,8,14)(H,15,16). The zero-order valence-corrected chi connectivity index (χ0v) is 8.94. The molecule has 0 atom stereocenters. The topological polar surface area (TPSA) is 160 Å². The van der Waals surface area contributed by atoms with Crippen LogP contribution in [0.15, 0.2) is 0 Å². The molecule has 0 saturated heterocycles. The largest absolute Gasteiger partial charge is 0.491 e. The molecule has 18 heavy (non-hydrogen) atoms. The van der Waals surface area contributed by atoms with Crippen LogP contribution in [-0.2, 0) is 11.3 Å². The van der Waals surface area contributed by atoms with Crippen molar-refractivity contribution in [2.24, 2.45) is 0 Å². The Labute approximate surface area is 99.2 Å². The quantitative estimate of drug-likeness (QED) is 0.390. The predicted octanol–water partition coefficient (Wildman–Crippen LogP) is -2.01. The van der Waals surface area contributed by atoms with Gasteiger partial charge < -0.3 is 25.6 Å². The van der Waals surface area contributed by atoms with Crippen LogP contribution in [0, 0.1) is 10.1 Å². The molecule has 0 aliphatic rings. The highest BCUT2D eigenvalue weighted by molar-refractivity contribution is 5.84. The Morgan fingerprint density at radius 3 is 2.67 bits per heavy atom. The molecule has 1 aromatic heterocycles. The third-order valence-electron chi connectivity index (χ3n) is 1.74. The van der Waals surface area contributed by atoms with Crippen LogP contribution in [0.5, 0.6) is 0 Å². The van der Waals surface area contributed by atoms with Crippen molar-refractivity contribution in [2.45, 2.75) is 6.54 Å². The maximum atomic E-state index is 11.3. The molecule has 0 aliphatic carbocycles. The van der Waals surface area contributed by atoms with Crippen LogP contribution >= 0.6 is 0 Å². The molecular formula is C7H9N5O6. The number of carbonyl (C=O) groups excluding carboxylic acids is 1. The van der Waals surface area contributed by atoms with E-state index in [1.165, 1.54) is 0 Å². The summed E-state index contributed by atoms with van der Waals surface area (Å²) in [6, 6.07) is 0. The molecule has 1 heterocycles. The lowest BCUT2D eigenvalue weighted by molar-refractivity contribution is -0.394. The fourth-order valence-corrected chi connectivity index (χ4v) is 1.06. The number of rotatable bonds is 6. The summed E-state index contributed by atoms with van der Waals surface area (Å²) >= 11 is 0. The normalized spacial score (nSPS) is 10.1. The van der Waals surface area contributed by atoms with Gasteiger partial charge in [0, 0.05) is 11.6 Å². The van der Waals surface area contributed by atoms with Gasteiger partial charge in [-0.15, -0.1) is 0 Å². The number of nitrogens with one attached hydrogen (secondary N) is 1. The molecule has 0 saturated carbocycles. The van der Waals surface area contributed by atoms with Gasteiger partial charge in [-0.3, -0.25) is 4.79 Å². The fraction of sp³-hybridized carbons (Fsp3) is 0.429. The summed E-state index contributed by atoms with van der Waals surface area (Å²) in [5.74, 6) is -3.79. The van der Waals surface area contributed by atoms with E-state index >= 15 is 0 Å². The van der Waals surface area contributed by atoms with Crippen molar-refractivity contribution in [3.8, 4) is 0 Å². The number of aromatic carboxylic acids is 1. The van der Waals surface area contributed by atoms with Gasteiger partial charge in [-0.25, -0.2) is 4.79 Å². The van der Waals surface area contributed by atoms with E-state index < -0.39 is 35.1 Å². The molecule has 0 spiro atoms. The maximum absolute atomic E-state index is 11.3. The first-order chi connectivity index (χ1) is 8.45. The van der Waals surface area contributed by atoms with Gasteiger partial charge in [-0.05, 0) is 9.91 Å². The first-order valence-electron chi connectivity index (χ1n) is 4.65. The Morgan fingerprint density at radius 2 is 2.17 bits per heavy atom. The number of amides is 1. The average Bonchev–Trinajstić information content (AvgIpc) is 2.70. The molecule has 0 aliphatic heterocycles. The van der Waals surface area contributed by atoms with E-state index in [0.717, 1.165) is 0 Å². The van der Waals surface area contributed by atoms with Crippen molar-refractivity contribution in [3.05, 3.63) is 15.9 Å². The summed E-state index contributed by atoms with van der Waals surface area (Å²) in [4.78, 5) is 34.6. The minimum atomic E-state index is -1.54. The van der Waals surface area contributed by atoms with E-state index in [4.69, 9.17) is 10.2 Å². The second kappa shape index (κ2) is 5.67. The van der Waals surface area contributed by atoms with Crippen molar-refractivity contribution in [1.29, 1.82) is 0 Å². The molecule has 98 valence electrons. The summed E-state index contributed by atoms with van der Waals surface area (Å²) in [5, 5.41) is 33.1. The molecule has 1 aromatic rings. The Morgan fingerprint density at radius 1 is 1.50 bits per heavy atom. The van der Waals surface area contributed by atoms with Crippen LogP contribution in [0.25, 0.3) is 0 Å². The lowest BCUT2D eigenvalue weighted by atomic mass is 10.5. The number of nitrogens with zero attached hydrogens (tertiary/aromatic N) is 4.